The number of hydrogen-bond acceptors (Lipinski definition) is 3. The van der Waals surface area contributed by atoms with Crippen molar-refractivity contribution in [3.8, 4) is 6.07 Å². The number of carbonyl (C=O) groups is 2. The number of amides is 3. The second-order valence-corrected chi connectivity index (χ2v) is 5.86. The molecule has 3 rings (SSSR count). The molecule has 0 aromatic heterocycles. The van der Waals surface area contributed by atoms with Crippen LogP contribution < -0.4 is 15.5 Å². The van der Waals surface area contributed by atoms with E-state index in [1.165, 1.54) is 0 Å². The number of benzene rings is 2. The molecule has 0 bridgehead atoms. The van der Waals surface area contributed by atoms with Gasteiger partial charge >= 0.3 is 6.03 Å². The summed E-state index contributed by atoms with van der Waals surface area (Å²) in [5.74, 6) is -0.186. The number of urea groups is 1. The SMILES string of the molecule is CC(NC(=O)c1ccc(N2CCNC2=O)cc1)c1ccc(C#N)cc1. The van der Waals surface area contributed by atoms with E-state index in [-0.39, 0.29) is 18.0 Å². The summed E-state index contributed by atoms with van der Waals surface area (Å²) in [5, 5.41) is 14.5. The lowest BCUT2D eigenvalue weighted by atomic mass is 10.1. The summed E-state index contributed by atoms with van der Waals surface area (Å²) in [6.45, 7) is 3.14. The van der Waals surface area contributed by atoms with Crippen LogP contribution in [0.1, 0.15) is 34.5 Å². The van der Waals surface area contributed by atoms with E-state index in [0.29, 0.717) is 24.2 Å². The first-order chi connectivity index (χ1) is 12.1. The highest BCUT2D eigenvalue weighted by Gasteiger charge is 2.21. The second kappa shape index (κ2) is 7.05. The summed E-state index contributed by atoms with van der Waals surface area (Å²) in [6, 6.07) is 15.9. The van der Waals surface area contributed by atoms with Gasteiger partial charge in [0.25, 0.3) is 5.91 Å². The van der Waals surface area contributed by atoms with Gasteiger partial charge in [0.15, 0.2) is 0 Å². The van der Waals surface area contributed by atoms with Crippen molar-refractivity contribution in [3.63, 3.8) is 0 Å². The molecule has 6 nitrogen and oxygen atoms in total. The molecule has 1 aliphatic rings. The van der Waals surface area contributed by atoms with Crippen LogP contribution in [0.5, 0.6) is 0 Å². The van der Waals surface area contributed by atoms with Gasteiger partial charge in [-0.05, 0) is 48.9 Å². The Hall–Kier alpha value is -3.33. The average molecular weight is 334 g/mol. The lowest BCUT2D eigenvalue weighted by Gasteiger charge is -2.16. The topological polar surface area (TPSA) is 85.2 Å². The Morgan fingerprint density at radius 2 is 1.88 bits per heavy atom. The molecular formula is C19H18N4O2. The molecule has 2 aromatic carbocycles. The Bertz CT molecular complexity index is 822. The molecule has 2 N–H and O–H groups in total. The van der Waals surface area contributed by atoms with Crippen LogP contribution in [0.2, 0.25) is 0 Å². The van der Waals surface area contributed by atoms with Gasteiger partial charge in [-0.15, -0.1) is 0 Å². The maximum Gasteiger partial charge on any atom is 0.321 e. The number of carbonyl (C=O) groups excluding carboxylic acids is 2. The van der Waals surface area contributed by atoms with Gasteiger partial charge in [0.2, 0.25) is 0 Å². The monoisotopic (exact) mass is 334 g/mol. The van der Waals surface area contributed by atoms with Crippen molar-refractivity contribution in [3.05, 3.63) is 65.2 Å². The number of rotatable bonds is 4. The van der Waals surface area contributed by atoms with Crippen molar-refractivity contribution in [2.45, 2.75) is 13.0 Å². The first kappa shape index (κ1) is 16.5. The van der Waals surface area contributed by atoms with Crippen LogP contribution in [0, 0.1) is 11.3 Å². The molecule has 1 unspecified atom stereocenters. The highest BCUT2D eigenvalue weighted by atomic mass is 16.2. The normalized spacial score (nSPS) is 14.6. The van der Waals surface area contributed by atoms with Crippen LogP contribution in [0.4, 0.5) is 10.5 Å². The highest BCUT2D eigenvalue weighted by molar-refractivity contribution is 5.97. The molecule has 1 fully saturated rings. The summed E-state index contributed by atoms with van der Waals surface area (Å²) in [7, 11) is 0. The maximum atomic E-state index is 12.4. The predicted molar refractivity (Wildman–Crippen MR) is 94.2 cm³/mol. The zero-order valence-electron chi connectivity index (χ0n) is 13.8. The maximum absolute atomic E-state index is 12.4. The van der Waals surface area contributed by atoms with E-state index < -0.39 is 0 Å². The van der Waals surface area contributed by atoms with Crippen LogP contribution >= 0.6 is 0 Å². The summed E-state index contributed by atoms with van der Waals surface area (Å²) in [4.78, 5) is 25.7. The minimum atomic E-state index is -0.186. The lowest BCUT2D eigenvalue weighted by molar-refractivity contribution is 0.0940. The number of anilines is 1. The van der Waals surface area contributed by atoms with Gasteiger partial charge in [-0.2, -0.15) is 5.26 Å². The molecule has 1 aliphatic heterocycles. The Balaban J connectivity index is 1.66. The fraction of sp³-hybridized carbons (Fsp3) is 0.211. The third-order valence-electron chi connectivity index (χ3n) is 4.19. The van der Waals surface area contributed by atoms with Gasteiger partial charge in [-0.25, -0.2) is 4.79 Å². The number of nitrogens with zero attached hydrogens (tertiary/aromatic N) is 2. The van der Waals surface area contributed by atoms with Gasteiger partial charge in [0, 0.05) is 24.3 Å². The molecule has 3 amide bonds. The smallest absolute Gasteiger partial charge is 0.321 e. The van der Waals surface area contributed by atoms with E-state index >= 15 is 0 Å². The van der Waals surface area contributed by atoms with Crippen molar-refractivity contribution >= 4 is 17.6 Å². The largest absolute Gasteiger partial charge is 0.346 e. The molecule has 0 spiro atoms. The molecule has 0 aliphatic carbocycles. The van der Waals surface area contributed by atoms with E-state index in [1.807, 2.05) is 19.1 Å². The third kappa shape index (κ3) is 3.61. The number of nitrogens with one attached hydrogen (secondary N) is 2. The number of hydrogen-bond donors (Lipinski definition) is 2. The zero-order chi connectivity index (χ0) is 17.8. The van der Waals surface area contributed by atoms with E-state index in [1.54, 1.807) is 41.3 Å². The van der Waals surface area contributed by atoms with Crippen molar-refractivity contribution in [2.75, 3.05) is 18.0 Å². The summed E-state index contributed by atoms with van der Waals surface area (Å²) in [5.41, 5.74) is 2.82. The first-order valence-electron chi connectivity index (χ1n) is 8.05. The van der Waals surface area contributed by atoms with Gasteiger partial charge < -0.3 is 10.6 Å². The van der Waals surface area contributed by atoms with Crippen LogP contribution in [0.25, 0.3) is 0 Å². The van der Waals surface area contributed by atoms with E-state index in [9.17, 15) is 9.59 Å². The average Bonchev–Trinajstić information content (AvgIpc) is 3.07. The van der Waals surface area contributed by atoms with Gasteiger partial charge in [0.05, 0.1) is 17.7 Å². The molecule has 0 radical (unpaired) electrons. The van der Waals surface area contributed by atoms with Gasteiger partial charge in [-0.1, -0.05) is 12.1 Å². The Labute approximate surface area is 146 Å². The molecule has 1 saturated heterocycles. The van der Waals surface area contributed by atoms with Crippen LogP contribution in [0.15, 0.2) is 48.5 Å². The zero-order valence-corrected chi connectivity index (χ0v) is 13.8. The Kier molecular flexibility index (Phi) is 4.66. The number of nitriles is 1. The van der Waals surface area contributed by atoms with Crippen molar-refractivity contribution in [1.29, 1.82) is 5.26 Å². The summed E-state index contributed by atoms with van der Waals surface area (Å²) < 4.78 is 0. The predicted octanol–water partition coefficient (Wildman–Crippen LogP) is 2.58. The van der Waals surface area contributed by atoms with Crippen LogP contribution in [0.3, 0.4) is 0 Å². The molecular weight excluding hydrogens is 316 g/mol. The van der Waals surface area contributed by atoms with Gasteiger partial charge in [0.1, 0.15) is 0 Å². The minimum Gasteiger partial charge on any atom is -0.346 e. The van der Waals surface area contributed by atoms with Crippen molar-refractivity contribution in [2.24, 2.45) is 0 Å². The molecule has 2 aromatic rings. The molecule has 0 saturated carbocycles. The Morgan fingerprint density at radius 1 is 1.20 bits per heavy atom. The van der Waals surface area contributed by atoms with Crippen LogP contribution in [-0.2, 0) is 0 Å². The summed E-state index contributed by atoms with van der Waals surface area (Å²) >= 11 is 0. The van der Waals surface area contributed by atoms with Crippen LogP contribution in [-0.4, -0.2) is 25.0 Å². The van der Waals surface area contributed by atoms with E-state index in [4.69, 9.17) is 5.26 Å². The van der Waals surface area contributed by atoms with Gasteiger partial charge in [-0.3, -0.25) is 9.69 Å². The minimum absolute atomic E-state index is 0.119. The Morgan fingerprint density at radius 3 is 2.44 bits per heavy atom. The van der Waals surface area contributed by atoms with E-state index in [2.05, 4.69) is 16.7 Å². The molecule has 1 heterocycles. The molecule has 6 heteroatoms. The third-order valence-corrected chi connectivity index (χ3v) is 4.19. The molecule has 25 heavy (non-hydrogen) atoms. The molecule has 126 valence electrons. The molecule has 1 atom stereocenters. The quantitative estimate of drug-likeness (QED) is 0.901. The standard InChI is InChI=1S/C19H18N4O2/c1-13(15-4-2-14(12-20)3-5-15)22-18(24)16-6-8-17(9-7-16)23-11-10-21-19(23)25/h2-9,13H,10-11H2,1H3,(H,21,25)(H,22,24). The van der Waals surface area contributed by atoms with Crippen molar-refractivity contribution < 1.29 is 9.59 Å². The highest BCUT2D eigenvalue weighted by Crippen LogP contribution is 2.18. The van der Waals surface area contributed by atoms with Crippen molar-refractivity contribution in [1.82, 2.24) is 10.6 Å². The first-order valence-corrected chi connectivity index (χ1v) is 8.05. The fourth-order valence-corrected chi connectivity index (χ4v) is 2.72. The summed E-state index contributed by atoms with van der Waals surface area (Å²) in [6.07, 6.45) is 0. The fourth-order valence-electron chi connectivity index (χ4n) is 2.72. The second-order valence-electron chi connectivity index (χ2n) is 5.86. The lowest BCUT2D eigenvalue weighted by Crippen LogP contribution is -2.28. The van der Waals surface area contributed by atoms with E-state index in [0.717, 1.165) is 11.3 Å².